The maximum absolute atomic E-state index is 11.8. The van der Waals surface area contributed by atoms with E-state index in [0.717, 1.165) is 31.6 Å². The van der Waals surface area contributed by atoms with Gasteiger partial charge in [-0.05, 0) is 49.5 Å². The highest BCUT2D eigenvalue weighted by Gasteiger charge is 2.14. The highest BCUT2D eigenvalue weighted by atomic mass is 35.5. The largest absolute Gasteiger partial charge is 0.356 e. The summed E-state index contributed by atoms with van der Waals surface area (Å²) in [5.74, 6) is 0.731. The lowest BCUT2D eigenvalue weighted by atomic mass is 10.1. The molecular weight excluding hydrogens is 319 g/mol. The Bertz CT molecular complexity index is 448. The van der Waals surface area contributed by atoms with Crippen LogP contribution in [-0.2, 0) is 11.2 Å². The molecule has 0 radical (unpaired) electrons. The van der Waals surface area contributed by atoms with Gasteiger partial charge < -0.3 is 10.6 Å². The zero-order valence-corrected chi connectivity index (χ0v) is 13.5. The maximum Gasteiger partial charge on any atom is 0.224 e. The summed E-state index contributed by atoms with van der Waals surface area (Å²) in [7, 11) is 0. The van der Waals surface area contributed by atoms with Crippen molar-refractivity contribution in [1.29, 1.82) is 0 Å². The highest BCUT2D eigenvalue weighted by molar-refractivity contribution is 6.42. The van der Waals surface area contributed by atoms with Crippen molar-refractivity contribution in [2.45, 2.75) is 19.3 Å². The maximum atomic E-state index is 11.8. The fraction of sp³-hybridized carbons (Fsp3) is 0.500. The second-order valence-electron chi connectivity index (χ2n) is 4.92. The molecule has 1 aromatic carbocycles. The van der Waals surface area contributed by atoms with Crippen LogP contribution in [0.5, 0.6) is 0 Å². The molecule has 0 spiro atoms. The molecule has 1 aliphatic heterocycles. The van der Waals surface area contributed by atoms with Crippen LogP contribution in [-0.4, -0.2) is 25.5 Å². The summed E-state index contributed by atoms with van der Waals surface area (Å²) in [6, 6.07) is 5.29. The van der Waals surface area contributed by atoms with Gasteiger partial charge in [0.25, 0.3) is 0 Å². The van der Waals surface area contributed by atoms with Gasteiger partial charge in [0.1, 0.15) is 0 Å². The third-order valence-corrected chi connectivity index (χ3v) is 4.12. The van der Waals surface area contributed by atoms with Crippen molar-refractivity contribution in [3.63, 3.8) is 0 Å². The second-order valence-corrected chi connectivity index (χ2v) is 5.74. The Morgan fingerprint density at radius 3 is 2.80 bits per heavy atom. The van der Waals surface area contributed by atoms with E-state index in [1.807, 2.05) is 6.07 Å². The average molecular weight is 338 g/mol. The van der Waals surface area contributed by atoms with Gasteiger partial charge in [0.2, 0.25) is 5.91 Å². The van der Waals surface area contributed by atoms with E-state index in [9.17, 15) is 4.79 Å². The van der Waals surface area contributed by atoms with Crippen molar-refractivity contribution < 1.29 is 4.79 Å². The molecule has 1 fully saturated rings. The van der Waals surface area contributed by atoms with E-state index in [0.29, 0.717) is 22.4 Å². The Hall–Kier alpha value is -0.480. The topological polar surface area (TPSA) is 41.1 Å². The molecule has 1 unspecified atom stereocenters. The molecule has 1 aliphatic rings. The van der Waals surface area contributed by atoms with Gasteiger partial charge in [-0.25, -0.2) is 0 Å². The van der Waals surface area contributed by atoms with E-state index < -0.39 is 0 Å². The zero-order valence-electron chi connectivity index (χ0n) is 11.1. The van der Waals surface area contributed by atoms with Gasteiger partial charge in [-0.1, -0.05) is 29.3 Å². The number of nitrogens with one attached hydrogen (secondary N) is 2. The van der Waals surface area contributed by atoms with Crippen LogP contribution in [0.25, 0.3) is 0 Å². The quantitative estimate of drug-likeness (QED) is 0.867. The van der Waals surface area contributed by atoms with Gasteiger partial charge >= 0.3 is 0 Å². The SMILES string of the molecule is Cl.O=C(Cc1ccc(Cl)c(Cl)c1)NCCC1CCNC1. The first-order chi connectivity index (χ1) is 9.15. The van der Waals surface area contributed by atoms with Gasteiger partial charge in [-0.15, -0.1) is 12.4 Å². The van der Waals surface area contributed by atoms with Crippen molar-refractivity contribution in [3.05, 3.63) is 33.8 Å². The van der Waals surface area contributed by atoms with Crippen LogP contribution in [0, 0.1) is 5.92 Å². The first kappa shape index (κ1) is 17.6. The minimum absolute atomic E-state index is 0. The van der Waals surface area contributed by atoms with Gasteiger partial charge in [-0.2, -0.15) is 0 Å². The minimum atomic E-state index is 0. The van der Waals surface area contributed by atoms with Crippen LogP contribution in [0.15, 0.2) is 18.2 Å². The molecule has 1 saturated heterocycles. The molecule has 1 heterocycles. The Kier molecular flexibility index (Phi) is 7.67. The molecule has 1 amide bonds. The molecule has 2 N–H and O–H groups in total. The van der Waals surface area contributed by atoms with Crippen LogP contribution >= 0.6 is 35.6 Å². The van der Waals surface area contributed by atoms with Gasteiger partial charge in [-0.3, -0.25) is 4.79 Å². The number of halogens is 3. The van der Waals surface area contributed by atoms with Crippen molar-refractivity contribution in [1.82, 2.24) is 10.6 Å². The predicted octanol–water partition coefficient (Wildman–Crippen LogP) is 3.07. The molecule has 2 rings (SSSR count). The number of carbonyl (C=O) groups is 1. The molecule has 6 heteroatoms. The lowest BCUT2D eigenvalue weighted by molar-refractivity contribution is -0.120. The standard InChI is InChI=1S/C14H18Cl2N2O.ClH/c15-12-2-1-11(7-13(12)16)8-14(19)18-6-4-10-3-5-17-9-10;/h1-2,7,10,17H,3-6,8-9H2,(H,18,19);1H. The van der Waals surface area contributed by atoms with E-state index in [4.69, 9.17) is 23.2 Å². The molecule has 1 atom stereocenters. The fourth-order valence-electron chi connectivity index (χ4n) is 2.27. The van der Waals surface area contributed by atoms with E-state index in [2.05, 4.69) is 10.6 Å². The Balaban J connectivity index is 0.00000200. The highest BCUT2D eigenvalue weighted by Crippen LogP contribution is 2.22. The average Bonchev–Trinajstić information content (AvgIpc) is 2.87. The predicted molar refractivity (Wildman–Crippen MR) is 86.0 cm³/mol. The van der Waals surface area contributed by atoms with Crippen molar-refractivity contribution in [2.24, 2.45) is 5.92 Å². The van der Waals surface area contributed by atoms with Crippen LogP contribution in [0.3, 0.4) is 0 Å². The van der Waals surface area contributed by atoms with Crippen molar-refractivity contribution in [3.8, 4) is 0 Å². The summed E-state index contributed by atoms with van der Waals surface area (Å²) in [6.07, 6.45) is 2.60. The molecule has 20 heavy (non-hydrogen) atoms. The molecule has 1 aromatic rings. The number of benzene rings is 1. The third kappa shape index (κ3) is 5.49. The van der Waals surface area contributed by atoms with Crippen molar-refractivity contribution >= 4 is 41.5 Å². The fourth-order valence-corrected chi connectivity index (χ4v) is 2.59. The normalized spacial score (nSPS) is 17.6. The third-order valence-electron chi connectivity index (χ3n) is 3.39. The van der Waals surface area contributed by atoms with Crippen LogP contribution in [0.2, 0.25) is 10.0 Å². The second kappa shape index (κ2) is 8.73. The zero-order chi connectivity index (χ0) is 13.7. The molecule has 0 aliphatic carbocycles. The number of hydrogen-bond acceptors (Lipinski definition) is 2. The summed E-state index contributed by atoms with van der Waals surface area (Å²) in [4.78, 5) is 11.8. The number of hydrogen-bond donors (Lipinski definition) is 2. The summed E-state index contributed by atoms with van der Waals surface area (Å²) in [5, 5.41) is 7.27. The van der Waals surface area contributed by atoms with E-state index in [-0.39, 0.29) is 18.3 Å². The molecule has 0 bridgehead atoms. The molecule has 0 saturated carbocycles. The van der Waals surface area contributed by atoms with Crippen LogP contribution in [0.4, 0.5) is 0 Å². The van der Waals surface area contributed by atoms with Gasteiger partial charge in [0.15, 0.2) is 0 Å². The first-order valence-corrected chi connectivity index (χ1v) is 7.32. The Labute approximate surface area is 135 Å². The number of rotatable bonds is 5. The molecule has 112 valence electrons. The minimum Gasteiger partial charge on any atom is -0.356 e. The number of carbonyl (C=O) groups excluding carboxylic acids is 1. The first-order valence-electron chi connectivity index (χ1n) is 6.56. The number of amides is 1. The lowest BCUT2D eigenvalue weighted by Gasteiger charge is -2.09. The summed E-state index contributed by atoms with van der Waals surface area (Å²) in [6.45, 7) is 2.91. The summed E-state index contributed by atoms with van der Waals surface area (Å²) in [5.41, 5.74) is 0.884. The molecule has 3 nitrogen and oxygen atoms in total. The Morgan fingerprint density at radius 2 is 2.15 bits per heavy atom. The van der Waals surface area contributed by atoms with Gasteiger partial charge in [0, 0.05) is 6.54 Å². The smallest absolute Gasteiger partial charge is 0.224 e. The summed E-state index contributed by atoms with van der Waals surface area (Å²) < 4.78 is 0. The summed E-state index contributed by atoms with van der Waals surface area (Å²) >= 11 is 11.8. The van der Waals surface area contributed by atoms with Crippen molar-refractivity contribution in [2.75, 3.05) is 19.6 Å². The van der Waals surface area contributed by atoms with E-state index in [1.165, 1.54) is 6.42 Å². The van der Waals surface area contributed by atoms with Crippen LogP contribution in [0.1, 0.15) is 18.4 Å². The van der Waals surface area contributed by atoms with Crippen LogP contribution < -0.4 is 10.6 Å². The van der Waals surface area contributed by atoms with Gasteiger partial charge in [0.05, 0.1) is 16.5 Å². The van der Waals surface area contributed by atoms with E-state index >= 15 is 0 Å². The lowest BCUT2D eigenvalue weighted by Crippen LogP contribution is -2.27. The molecular formula is C14H19Cl3N2O. The Morgan fingerprint density at radius 1 is 1.35 bits per heavy atom. The molecule has 0 aromatic heterocycles. The van der Waals surface area contributed by atoms with E-state index in [1.54, 1.807) is 12.1 Å². The monoisotopic (exact) mass is 336 g/mol.